The van der Waals surface area contributed by atoms with Crippen molar-refractivity contribution in [3.8, 4) is 22.8 Å². The lowest BCUT2D eigenvalue weighted by atomic mass is 10.1. The highest BCUT2D eigenvalue weighted by molar-refractivity contribution is 6.10. The molecule has 0 atom stereocenters. The largest absolute Gasteiger partial charge is 0.494 e. The molecule has 0 aliphatic carbocycles. The van der Waals surface area contributed by atoms with E-state index >= 15 is 0 Å². The van der Waals surface area contributed by atoms with Gasteiger partial charge in [0.1, 0.15) is 34.2 Å². The molecule has 0 N–H and O–H groups in total. The Labute approximate surface area is 218 Å². The van der Waals surface area contributed by atoms with Crippen LogP contribution >= 0.6 is 0 Å². The summed E-state index contributed by atoms with van der Waals surface area (Å²) in [7, 11) is 0. The summed E-state index contributed by atoms with van der Waals surface area (Å²) in [5.41, 5.74) is 2.69. The van der Waals surface area contributed by atoms with Crippen molar-refractivity contribution in [1.82, 2.24) is 0 Å². The third-order valence-electron chi connectivity index (χ3n) is 5.86. The van der Waals surface area contributed by atoms with Crippen LogP contribution in [0.1, 0.15) is 33.2 Å². The fourth-order valence-corrected chi connectivity index (χ4v) is 4.02. The summed E-state index contributed by atoms with van der Waals surface area (Å²) in [5, 5.41) is 0.581. The summed E-state index contributed by atoms with van der Waals surface area (Å²) in [5.74, 6) is 0.133. The SMILES string of the molecule is CCOc1ccc2oc(-c3ccccc3)c(C(=O)Oc3ccc(C(=O)/C=C/c4ccc(F)cc4)cc3)c2c1. The van der Waals surface area contributed by atoms with Gasteiger partial charge in [0.05, 0.1) is 6.61 Å². The molecule has 0 aliphatic rings. The van der Waals surface area contributed by atoms with E-state index in [1.165, 1.54) is 18.2 Å². The molecule has 0 aliphatic heterocycles. The van der Waals surface area contributed by atoms with Gasteiger partial charge in [0.2, 0.25) is 0 Å². The van der Waals surface area contributed by atoms with E-state index in [1.807, 2.05) is 37.3 Å². The molecule has 1 heterocycles. The fourth-order valence-electron chi connectivity index (χ4n) is 4.02. The Morgan fingerprint density at radius 2 is 1.58 bits per heavy atom. The smallest absolute Gasteiger partial charge is 0.348 e. The Hall–Kier alpha value is -4.97. The Morgan fingerprint density at radius 1 is 0.868 bits per heavy atom. The van der Waals surface area contributed by atoms with Crippen molar-refractivity contribution in [2.24, 2.45) is 0 Å². The van der Waals surface area contributed by atoms with E-state index in [4.69, 9.17) is 13.9 Å². The Morgan fingerprint density at radius 3 is 2.29 bits per heavy atom. The number of halogens is 1. The zero-order valence-corrected chi connectivity index (χ0v) is 20.5. The van der Waals surface area contributed by atoms with Crippen LogP contribution in [0.2, 0.25) is 0 Å². The Balaban J connectivity index is 1.40. The van der Waals surface area contributed by atoms with E-state index in [2.05, 4.69) is 0 Å². The number of carbonyl (C=O) groups is 2. The lowest BCUT2D eigenvalue weighted by molar-refractivity contribution is 0.0737. The molecule has 1 aromatic heterocycles. The molecular weight excluding hydrogens is 483 g/mol. The molecule has 0 unspecified atom stereocenters. The zero-order valence-electron chi connectivity index (χ0n) is 20.5. The molecule has 0 saturated carbocycles. The number of rotatable bonds is 8. The second kappa shape index (κ2) is 11.0. The molecule has 5 rings (SSSR count). The van der Waals surface area contributed by atoms with Gasteiger partial charge in [0.25, 0.3) is 0 Å². The molecular formula is C32H23FO5. The minimum atomic E-state index is -0.591. The second-order valence-electron chi connectivity index (χ2n) is 8.43. The number of hydrogen-bond acceptors (Lipinski definition) is 5. The number of hydrogen-bond donors (Lipinski definition) is 0. The molecule has 4 aromatic carbocycles. The Bertz CT molecular complexity index is 1620. The lowest BCUT2D eigenvalue weighted by Gasteiger charge is -2.07. The lowest BCUT2D eigenvalue weighted by Crippen LogP contribution is -2.09. The number of furan rings is 1. The van der Waals surface area contributed by atoms with Crippen LogP contribution in [0.15, 0.2) is 108 Å². The first kappa shape index (κ1) is 24.7. The van der Waals surface area contributed by atoms with Gasteiger partial charge in [-0.25, -0.2) is 9.18 Å². The molecule has 5 nitrogen and oxygen atoms in total. The van der Waals surface area contributed by atoms with Crippen molar-refractivity contribution >= 4 is 28.8 Å². The van der Waals surface area contributed by atoms with E-state index in [1.54, 1.807) is 60.7 Å². The molecule has 0 amide bonds. The monoisotopic (exact) mass is 506 g/mol. The maximum absolute atomic E-state index is 13.4. The van der Waals surface area contributed by atoms with Crippen LogP contribution in [0.4, 0.5) is 4.39 Å². The third kappa shape index (κ3) is 5.39. The molecule has 0 bridgehead atoms. The average molecular weight is 507 g/mol. The van der Waals surface area contributed by atoms with Gasteiger partial charge in [-0.2, -0.15) is 0 Å². The van der Waals surface area contributed by atoms with Gasteiger partial charge in [-0.1, -0.05) is 48.5 Å². The predicted octanol–water partition coefficient (Wildman–Crippen LogP) is 7.75. The van der Waals surface area contributed by atoms with Crippen LogP contribution in [-0.4, -0.2) is 18.4 Å². The molecule has 38 heavy (non-hydrogen) atoms. The topological polar surface area (TPSA) is 65.7 Å². The first-order valence-corrected chi connectivity index (χ1v) is 12.1. The Kier molecular flexibility index (Phi) is 7.13. The van der Waals surface area contributed by atoms with Gasteiger partial charge in [-0.05, 0) is 73.2 Å². The standard InChI is InChI=1S/C32H23FO5/c1-2-36-26-17-19-29-27(20-26)30(31(38-29)23-6-4-3-5-7-23)32(35)37-25-15-11-22(12-16-25)28(34)18-10-21-8-13-24(33)14-9-21/h3-20H,2H2,1H3/b18-10+. The van der Waals surface area contributed by atoms with Gasteiger partial charge in [-0.3, -0.25) is 4.79 Å². The minimum absolute atomic E-state index is 0.233. The maximum Gasteiger partial charge on any atom is 0.348 e. The number of ketones is 1. The molecule has 0 saturated heterocycles. The van der Waals surface area contributed by atoms with Crippen LogP contribution < -0.4 is 9.47 Å². The van der Waals surface area contributed by atoms with E-state index in [-0.39, 0.29) is 22.9 Å². The highest BCUT2D eigenvalue weighted by Crippen LogP contribution is 2.36. The number of carbonyl (C=O) groups excluding carboxylic acids is 2. The summed E-state index contributed by atoms with van der Waals surface area (Å²) in [6, 6.07) is 26.8. The predicted molar refractivity (Wildman–Crippen MR) is 144 cm³/mol. The normalized spacial score (nSPS) is 11.1. The van der Waals surface area contributed by atoms with Gasteiger partial charge in [-0.15, -0.1) is 0 Å². The molecule has 5 aromatic rings. The van der Waals surface area contributed by atoms with E-state index in [9.17, 15) is 14.0 Å². The van der Waals surface area contributed by atoms with E-state index in [0.29, 0.717) is 40.2 Å². The minimum Gasteiger partial charge on any atom is -0.494 e. The highest BCUT2D eigenvalue weighted by atomic mass is 19.1. The molecule has 188 valence electrons. The summed E-state index contributed by atoms with van der Waals surface area (Å²) in [6.45, 7) is 2.37. The van der Waals surface area contributed by atoms with Gasteiger partial charge >= 0.3 is 5.97 Å². The number of allylic oxidation sites excluding steroid dienone is 1. The zero-order chi connectivity index (χ0) is 26.5. The number of esters is 1. The quantitative estimate of drug-likeness (QED) is 0.0932. The molecule has 0 radical (unpaired) electrons. The van der Waals surface area contributed by atoms with Crippen molar-refractivity contribution in [2.75, 3.05) is 6.61 Å². The molecule has 0 fully saturated rings. The van der Waals surface area contributed by atoms with Gasteiger partial charge in [0, 0.05) is 16.5 Å². The van der Waals surface area contributed by atoms with Crippen LogP contribution in [-0.2, 0) is 0 Å². The first-order chi connectivity index (χ1) is 18.5. The second-order valence-corrected chi connectivity index (χ2v) is 8.43. The summed E-state index contributed by atoms with van der Waals surface area (Å²) >= 11 is 0. The van der Waals surface area contributed by atoms with Crippen molar-refractivity contribution in [3.05, 3.63) is 126 Å². The maximum atomic E-state index is 13.4. The van der Waals surface area contributed by atoms with Crippen molar-refractivity contribution in [2.45, 2.75) is 6.92 Å². The van der Waals surface area contributed by atoms with Crippen LogP contribution in [0.3, 0.4) is 0 Å². The van der Waals surface area contributed by atoms with Crippen LogP contribution in [0, 0.1) is 5.82 Å². The van der Waals surface area contributed by atoms with Crippen molar-refractivity contribution in [3.63, 3.8) is 0 Å². The average Bonchev–Trinajstić information content (AvgIpc) is 3.33. The first-order valence-electron chi connectivity index (χ1n) is 12.1. The van der Waals surface area contributed by atoms with Crippen LogP contribution in [0.5, 0.6) is 11.5 Å². The molecule has 0 spiro atoms. The number of fused-ring (bicyclic) bond motifs is 1. The fraction of sp³-hybridized carbons (Fsp3) is 0.0625. The molecule has 6 heteroatoms. The van der Waals surface area contributed by atoms with Gasteiger partial charge < -0.3 is 13.9 Å². The third-order valence-corrected chi connectivity index (χ3v) is 5.86. The van der Waals surface area contributed by atoms with E-state index in [0.717, 1.165) is 5.56 Å². The summed E-state index contributed by atoms with van der Waals surface area (Å²) in [4.78, 5) is 26.0. The number of benzene rings is 4. The van der Waals surface area contributed by atoms with Crippen molar-refractivity contribution < 1.29 is 27.9 Å². The van der Waals surface area contributed by atoms with E-state index < -0.39 is 5.97 Å². The number of ether oxygens (including phenoxy) is 2. The van der Waals surface area contributed by atoms with Crippen LogP contribution in [0.25, 0.3) is 28.4 Å². The summed E-state index contributed by atoms with van der Waals surface area (Å²) in [6.07, 6.45) is 3.02. The van der Waals surface area contributed by atoms with Gasteiger partial charge in [0.15, 0.2) is 5.78 Å². The highest BCUT2D eigenvalue weighted by Gasteiger charge is 2.24. The summed E-state index contributed by atoms with van der Waals surface area (Å²) < 4.78 is 30.5. The van der Waals surface area contributed by atoms with Crippen molar-refractivity contribution in [1.29, 1.82) is 0 Å².